The Hall–Kier alpha value is -0.360. The van der Waals surface area contributed by atoms with Crippen molar-refractivity contribution < 1.29 is 4.79 Å². The third-order valence-electron chi connectivity index (χ3n) is 3.05. The number of nitrogens with zero attached hydrogens (tertiary/aromatic N) is 1. The minimum atomic E-state index is -0.00178. The van der Waals surface area contributed by atoms with Crippen molar-refractivity contribution in [2.24, 2.45) is 0 Å². The number of halogens is 2. The van der Waals surface area contributed by atoms with Gasteiger partial charge in [0.2, 0.25) is 5.91 Å². The summed E-state index contributed by atoms with van der Waals surface area (Å²) in [5.74, 6) is 0.121. The monoisotopic (exact) mass is 325 g/mol. The number of hydrogen-bond donors (Lipinski definition) is 2. The van der Waals surface area contributed by atoms with E-state index in [0.717, 1.165) is 35.0 Å². The summed E-state index contributed by atoms with van der Waals surface area (Å²) in [4.78, 5) is 17.4. The number of aryl methyl sites for hydroxylation is 2. The van der Waals surface area contributed by atoms with Crippen LogP contribution in [-0.4, -0.2) is 23.5 Å². The van der Waals surface area contributed by atoms with Crippen molar-refractivity contribution in [3.05, 3.63) is 15.6 Å². The number of nitrogens with one attached hydrogen (secondary N) is 2. The highest BCUT2D eigenvalue weighted by Crippen LogP contribution is 2.16. The number of hydrogen-bond acceptors (Lipinski definition) is 4. The standard InChI is InChI=1S/C12H19N3OS.2ClH/c1-8-11(17-9(2)15-8)7-14-12(16)10-5-3-4-6-13-10;;/h10,13H,3-7H2,1-2H3,(H,14,16);2*1H/t10-;;/m1../s1. The second-order valence-electron chi connectivity index (χ2n) is 4.46. The summed E-state index contributed by atoms with van der Waals surface area (Å²) in [5, 5.41) is 7.30. The van der Waals surface area contributed by atoms with E-state index in [1.54, 1.807) is 11.3 Å². The Morgan fingerprint density at radius 1 is 1.42 bits per heavy atom. The maximum absolute atomic E-state index is 11.9. The molecular formula is C12H21Cl2N3OS. The van der Waals surface area contributed by atoms with Gasteiger partial charge >= 0.3 is 0 Å². The summed E-state index contributed by atoms with van der Waals surface area (Å²) in [6.07, 6.45) is 3.27. The second kappa shape index (κ2) is 8.74. The van der Waals surface area contributed by atoms with Crippen molar-refractivity contribution in [3.8, 4) is 0 Å². The SMILES string of the molecule is Cc1nc(C)c(CNC(=O)[C@H]2CCCCN2)s1.Cl.Cl. The van der Waals surface area contributed by atoms with E-state index < -0.39 is 0 Å². The zero-order valence-electron chi connectivity index (χ0n) is 11.2. The average molecular weight is 326 g/mol. The highest BCUT2D eigenvalue weighted by molar-refractivity contribution is 7.11. The maximum Gasteiger partial charge on any atom is 0.237 e. The van der Waals surface area contributed by atoms with Crippen LogP contribution >= 0.6 is 36.2 Å². The molecule has 19 heavy (non-hydrogen) atoms. The van der Waals surface area contributed by atoms with Crippen molar-refractivity contribution in [2.75, 3.05) is 6.54 Å². The van der Waals surface area contributed by atoms with Crippen molar-refractivity contribution in [3.63, 3.8) is 0 Å². The van der Waals surface area contributed by atoms with Crippen LogP contribution in [0.2, 0.25) is 0 Å². The Morgan fingerprint density at radius 3 is 2.68 bits per heavy atom. The van der Waals surface area contributed by atoms with Crippen LogP contribution in [-0.2, 0) is 11.3 Å². The Kier molecular flexibility index (Phi) is 8.57. The van der Waals surface area contributed by atoms with Crippen molar-refractivity contribution >= 4 is 42.1 Å². The van der Waals surface area contributed by atoms with Gasteiger partial charge in [0.1, 0.15) is 0 Å². The van der Waals surface area contributed by atoms with E-state index in [0.29, 0.717) is 6.54 Å². The molecule has 0 unspecified atom stereocenters. The largest absolute Gasteiger partial charge is 0.350 e. The molecular weight excluding hydrogens is 305 g/mol. The Balaban J connectivity index is 0.00000162. The Labute approximate surface area is 130 Å². The van der Waals surface area contributed by atoms with E-state index >= 15 is 0 Å². The average Bonchev–Trinajstić information content (AvgIpc) is 2.66. The van der Waals surface area contributed by atoms with E-state index in [1.165, 1.54) is 6.42 Å². The minimum Gasteiger partial charge on any atom is -0.350 e. The molecule has 1 atom stereocenters. The van der Waals surface area contributed by atoms with E-state index in [9.17, 15) is 4.79 Å². The van der Waals surface area contributed by atoms with Gasteiger partial charge in [-0.2, -0.15) is 0 Å². The fourth-order valence-electron chi connectivity index (χ4n) is 2.10. The summed E-state index contributed by atoms with van der Waals surface area (Å²) in [5.41, 5.74) is 1.03. The van der Waals surface area contributed by atoms with Crippen LogP contribution in [0.15, 0.2) is 0 Å². The van der Waals surface area contributed by atoms with Gasteiger partial charge in [0, 0.05) is 4.88 Å². The first-order valence-electron chi connectivity index (χ1n) is 6.11. The number of piperidine rings is 1. The number of aromatic nitrogens is 1. The first-order chi connectivity index (χ1) is 8.16. The molecule has 0 saturated carbocycles. The Morgan fingerprint density at radius 2 is 2.16 bits per heavy atom. The molecule has 1 fully saturated rings. The van der Waals surface area contributed by atoms with Gasteiger partial charge in [0.25, 0.3) is 0 Å². The predicted octanol–water partition coefficient (Wildman–Crippen LogP) is 2.36. The molecule has 0 aliphatic carbocycles. The summed E-state index contributed by atoms with van der Waals surface area (Å²) < 4.78 is 0. The van der Waals surface area contributed by atoms with Crippen LogP contribution in [0.25, 0.3) is 0 Å². The molecule has 1 amide bonds. The molecule has 4 nitrogen and oxygen atoms in total. The molecule has 0 aromatic carbocycles. The first kappa shape index (κ1) is 18.6. The normalized spacial score (nSPS) is 18.1. The molecule has 110 valence electrons. The van der Waals surface area contributed by atoms with E-state index in [4.69, 9.17) is 0 Å². The lowest BCUT2D eigenvalue weighted by Crippen LogP contribution is -2.46. The molecule has 7 heteroatoms. The quantitative estimate of drug-likeness (QED) is 0.897. The van der Waals surface area contributed by atoms with E-state index in [-0.39, 0.29) is 36.8 Å². The molecule has 0 spiro atoms. The first-order valence-corrected chi connectivity index (χ1v) is 6.92. The van der Waals surface area contributed by atoms with Gasteiger partial charge in [-0.1, -0.05) is 6.42 Å². The van der Waals surface area contributed by atoms with Crippen LogP contribution in [0, 0.1) is 13.8 Å². The maximum atomic E-state index is 11.9. The third kappa shape index (κ3) is 5.26. The minimum absolute atomic E-state index is 0. The van der Waals surface area contributed by atoms with E-state index in [1.807, 2.05) is 13.8 Å². The topological polar surface area (TPSA) is 54.0 Å². The highest BCUT2D eigenvalue weighted by Gasteiger charge is 2.20. The number of rotatable bonds is 3. The van der Waals surface area contributed by atoms with Gasteiger partial charge in [0.05, 0.1) is 23.3 Å². The molecule has 1 aliphatic rings. The third-order valence-corrected chi connectivity index (χ3v) is 4.12. The zero-order valence-corrected chi connectivity index (χ0v) is 13.6. The summed E-state index contributed by atoms with van der Waals surface area (Å²) in [6, 6.07) is -0.00178. The lowest BCUT2D eigenvalue weighted by atomic mass is 10.0. The van der Waals surface area contributed by atoms with Crippen LogP contribution < -0.4 is 10.6 Å². The number of amides is 1. The predicted molar refractivity (Wildman–Crippen MR) is 83.6 cm³/mol. The fraction of sp³-hybridized carbons (Fsp3) is 0.667. The van der Waals surface area contributed by atoms with Gasteiger partial charge in [-0.25, -0.2) is 4.98 Å². The second-order valence-corrected chi connectivity index (χ2v) is 5.75. The highest BCUT2D eigenvalue weighted by atomic mass is 35.5. The van der Waals surface area contributed by atoms with Crippen molar-refractivity contribution in [1.29, 1.82) is 0 Å². The molecule has 1 saturated heterocycles. The molecule has 1 aromatic heterocycles. The van der Waals surface area contributed by atoms with Gasteiger partial charge in [-0.05, 0) is 33.2 Å². The van der Waals surface area contributed by atoms with Crippen LogP contribution in [0.1, 0.15) is 34.8 Å². The zero-order chi connectivity index (χ0) is 12.3. The summed E-state index contributed by atoms with van der Waals surface area (Å²) in [6.45, 7) is 5.54. The summed E-state index contributed by atoms with van der Waals surface area (Å²) >= 11 is 1.66. The van der Waals surface area contributed by atoms with Gasteiger partial charge in [0.15, 0.2) is 0 Å². The Bertz CT molecular complexity index is 406. The van der Waals surface area contributed by atoms with Crippen molar-refractivity contribution in [1.82, 2.24) is 15.6 Å². The molecule has 0 bridgehead atoms. The molecule has 2 rings (SSSR count). The molecule has 2 N–H and O–H groups in total. The molecule has 0 radical (unpaired) electrons. The van der Waals surface area contributed by atoms with Gasteiger partial charge < -0.3 is 10.6 Å². The lowest BCUT2D eigenvalue weighted by molar-refractivity contribution is -0.123. The number of carbonyl (C=O) groups is 1. The van der Waals surface area contributed by atoms with Crippen LogP contribution in [0.5, 0.6) is 0 Å². The number of carbonyl (C=O) groups excluding carboxylic acids is 1. The van der Waals surface area contributed by atoms with Crippen molar-refractivity contribution in [2.45, 2.75) is 45.7 Å². The number of thiazole rings is 1. The summed E-state index contributed by atoms with van der Waals surface area (Å²) in [7, 11) is 0. The lowest BCUT2D eigenvalue weighted by Gasteiger charge is -2.22. The molecule has 1 aromatic rings. The van der Waals surface area contributed by atoms with Crippen LogP contribution in [0.3, 0.4) is 0 Å². The smallest absolute Gasteiger partial charge is 0.237 e. The van der Waals surface area contributed by atoms with Crippen LogP contribution in [0.4, 0.5) is 0 Å². The molecule has 2 heterocycles. The van der Waals surface area contributed by atoms with Gasteiger partial charge in [-0.15, -0.1) is 36.2 Å². The van der Waals surface area contributed by atoms with Gasteiger partial charge in [-0.3, -0.25) is 4.79 Å². The fourth-order valence-corrected chi connectivity index (χ4v) is 2.98. The van der Waals surface area contributed by atoms with E-state index in [2.05, 4.69) is 15.6 Å². The molecule has 1 aliphatic heterocycles.